The van der Waals surface area contributed by atoms with Crippen molar-refractivity contribution in [3.63, 3.8) is 0 Å². The molecule has 0 aliphatic heterocycles. The Balaban J connectivity index is 2.39. The van der Waals surface area contributed by atoms with E-state index in [-0.39, 0.29) is 24.1 Å². The normalized spacial score (nSPS) is 10.8. The van der Waals surface area contributed by atoms with Gasteiger partial charge in [-0.2, -0.15) is 0 Å². The van der Waals surface area contributed by atoms with Gasteiger partial charge in [-0.15, -0.1) is 0 Å². The molecular formula is C11H14N6O4. The molecule has 0 saturated carbocycles. The van der Waals surface area contributed by atoms with E-state index in [9.17, 15) is 19.2 Å². The number of hydrogen-bond donors (Lipinski definition) is 2. The molecule has 0 atom stereocenters. The first kappa shape index (κ1) is 14.5. The monoisotopic (exact) mass is 294 g/mol. The van der Waals surface area contributed by atoms with Crippen molar-refractivity contribution in [2.75, 3.05) is 0 Å². The summed E-state index contributed by atoms with van der Waals surface area (Å²) in [4.78, 5) is 49.8. The van der Waals surface area contributed by atoms with Gasteiger partial charge in [0.25, 0.3) is 5.56 Å². The average Bonchev–Trinajstić information content (AvgIpc) is 2.83. The zero-order chi connectivity index (χ0) is 15.7. The third-order valence-corrected chi connectivity index (χ3v) is 3.06. The standard InChI is InChI=1S/C11H14N6O4/c1-15-8-7(9(19)16(2)11(15)21)17(5-13-8)4-3-6(18)14-10(12)20/h5H,3-4H2,1-2H3,(H3,12,14,18,20). The second kappa shape index (κ2) is 5.23. The molecule has 112 valence electrons. The van der Waals surface area contributed by atoms with E-state index in [1.807, 2.05) is 5.32 Å². The molecule has 0 bridgehead atoms. The highest BCUT2D eigenvalue weighted by molar-refractivity contribution is 5.93. The Hall–Kier alpha value is -2.91. The van der Waals surface area contributed by atoms with Crippen molar-refractivity contribution < 1.29 is 9.59 Å². The second-order valence-electron chi connectivity index (χ2n) is 4.48. The number of rotatable bonds is 3. The molecule has 0 unspecified atom stereocenters. The summed E-state index contributed by atoms with van der Waals surface area (Å²) in [6.07, 6.45) is 1.31. The molecule has 2 rings (SSSR count). The number of fused-ring (bicyclic) bond motifs is 1. The number of amides is 3. The molecule has 0 saturated heterocycles. The molecule has 0 radical (unpaired) electrons. The maximum atomic E-state index is 12.1. The summed E-state index contributed by atoms with van der Waals surface area (Å²) in [5.74, 6) is -0.564. The number of nitrogens with zero attached hydrogens (tertiary/aromatic N) is 4. The van der Waals surface area contributed by atoms with Crippen LogP contribution in [0.2, 0.25) is 0 Å². The van der Waals surface area contributed by atoms with Crippen LogP contribution in [0.15, 0.2) is 15.9 Å². The van der Waals surface area contributed by atoms with Crippen molar-refractivity contribution in [1.29, 1.82) is 0 Å². The van der Waals surface area contributed by atoms with Gasteiger partial charge in [-0.25, -0.2) is 14.6 Å². The molecule has 3 N–H and O–H groups in total. The Morgan fingerprint density at radius 2 is 1.95 bits per heavy atom. The zero-order valence-electron chi connectivity index (χ0n) is 11.5. The summed E-state index contributed by atoms with van der Waals surface area (Å²) in [5, 5.41) is 1.93. The maximum absolute atomic E-state index is 12.1. The second-order valence-corrected chi connectivity index (χ2v) is 4.48. The maximum Gasteiger partial charge on any atom is 0.332 e. The summed E-state index contributed by atoms with van der Waals surface area (Å²) in [7, 11) is 2.86. The predicted molar refractivity (Wildman–Crippen MR) is 72.6 cm³/mol. The topological polar surface area (TPSA) is 134 Å². The Morgan fingerprint density at radius 3 is 2.57 bits per heavy atom. The number of aryl methyl sites for hydroxylation is 2. The van der Waals surface area contributed by atoms with Crippen LogP contribution in [-0.2, 0) is 25.4 Å². The lowest BCUT2D eigenvalue weighted by atomic mass is 10.4. The lowest BCUT2D eigenvalue weighted by Gasteiger charge is -2.06. The van der Waals surface area contributed by atoms with Gasteiger partial charge in [-0.05, 0) is 0 Å². The number of imidazole rings is 1. The number of nitrogens with two attached hydrogens (primary N) is 1. The lowest BCUT2D eigenvalue weighted by Crippen LogP contribution is -2.38. The van der Waals surface area contributed by atoms with Crippen LogP contribution in [0.1, 0.15) is 6.42 Å². The first-order valence-electron chi connectivity index (χ1n) is 6.03. The van der Waals surface area contributed by atoms with E-state index in [2.05, 4.69) is 4.98 Å². The number of hydrogen-bond acceptors (Lipinski definition) is 5. The van der Waals surface area contributed by atoms with Crippen LogP contribution in [0.3, 0.4) is 0 Å². The fourth-order valence-electron chi connectivity index (χ4n) is 1.99. The summed E-state index contributed by atoms with van der Waals surface area (Å²) in [6.45, 7) is 0.128. The van der Waals surface area contributed by atoms with Crippen LogP contribution in [0, 0.1) is 0 Å². The van der Waals surface area contributed by atoms with Crippen molar-refractivity contribution in [2.24, 2.45) is 19.8 Å². The number of primary amides is 1. The van der Waals surface area contributed by atoms with Crippen molar-refractivity contribution >= 4 is 23.1 Å². The first-order chi connectivity index (χ1) is 9.82. The van der Waals surface area contributed by atoms with Crippen molar-refractivity contribution in [3.05, 3.63) is 27.2 Å². The van der Waals surface area contributed by atoms with Gasteiger partial charge in [0.2, 0.25) is 5.91 Å². The largest absolute Gasteiger partial charge is 0.351 e. The van der Waals surface area contributed by atoms with E-state index < -0.39 is 23.2 Å². The quantitative estimate of drug-likeness (QED) is 0.676. The predicted octanol–water partition coefficient (Wildman–Crippen LogP) is -1.98. The minimum atomic E-state index is -0.936. The Bertz CT molecular complexity index is 843. The third kappa shape index (κ3) is 2.55. The lowest BCUT2D eigenvalue weighted by molar-refractivity contribution is -0.120. The van der Waals surface area contributed by atoms with Crippen molar-refractivity contribution in [2.45, 2.75) is 13.0 Å². The molecule has 21 heavy (non-hydrogen) atoms. The van der Waals surface area contributed by atoms with Gasteiger partial charge in [-0.1, -0.05) is 0 Å². The van der Waals surface area contributed by atoms with Gasteiger partial charge >= 0.3 is 11.7 Å². The van der Waals surface area contributed by atoms with E-state index in [0.29, 0.717) is 0 Å². The number of nitrogens with one attached hydrogen (secondary N) is 1. The molecule has 0 aromatic carbocycles. The molecule has 0 fully saturated rings. The van der Waals surface area contributed by atoms with Crippen LogP contribution < -0.4 is 22.3 Å². The Kier molecular flexibility index (Phi) is 3.61. The van der Waals surface area contributed by atoms with Crippen LogP contribution in [0.25, 0.3) is 11.2 Å². The fourth-order valence-corrected chi connectivity index (χ4v) is 1.99. The summed E-state index contributed by atoms with van der Waals surface area (Å²) in [5.41, 5.74) is 4.30. The Labute approximate surface area is 117 Å². The third-order valence-electron chi connectivity index (χ3n) is 3.06. The highest BCUT2D eigenvalue weighted by atomic mass is 16.2. The van der Waals surface area contributed by atoms with E-state index >= 15 is 0 Å². The molecule has 0 spiro atoms. The smallest absolute Gasteiger partial charge is 0.332 e. The summed E-state index contributed by atoms with van der Waals surface area (Å²) < 4.78 is 3.67. The van der Waals surface area contributed by atoms with E-state index in [0.717, 1.165) is 4.57 Å². The summed E-state index contributed by atoms with van der Waals surface area (Å²) in [6, 6.07) is -0.936. The molecular weight excluding hydrogens is 280 g/mol. The van der Waals surface area contributed by atoms with Gasteiger partial charge in [0.15, 0.2) is 11.2 Å². The van der Waals surface area contributed by atoms with Gasteiger partial charge in [-0.3, -0.25) is 24.0 Å². The molecule has 10 heteroatoms. The van der Waals surface area contributed by atoms with Gasteiger partial charge in [0, 0.05) is 27.1 Å². The number of urea groups is 1. The molecule has 0 aliphatic rings. The minimum absolute atomic E-state index is 0.0552. The van der Waals surface area contributed by atoms with Crippen LogP contribution in [0.5, 0.6) is 0 Å². The highest BCUT2D eigenvalue weighted by Crippen LogP contribution is 2.06. The highest BCUT2D eigenvalue weighted by Gasteiger charge is 2.15. The molecule has 3 amide bonds. The number of carbonyl (C=O) groups excluding carboxylic acids is 2. The van der Waals surface area contributed by atoms with Crippen LogP contribution >= 0.6 is 0 Å². The molecule has 2 aromatic rings. The van der Waals surface area contributed by atoms with E-state index in [1.54, 1.807) is 0 Å². The van der Waals surface area contributed by atoms with Gasteiger partial charge < -0.3 is 10.3 Å². The molecule has 10 nitrogen and oxygen atoms in total. The van der Waals surface area contributed by atoms with Gasteiger partial charge in [0.05, 0.1) is 6.33 Å². The van der Waals surface area contributed by atoms with E-state index in [1.165, 1.54) is 29.6 Å². The number of imide groups is 1. The van der Waals surface area contributed by atoms with E-state index in [4.69, 9.17) is 5.73 Å². The van der Waals surface area contributed by atoms with Gasteiger partial charge in [0.1, 0.15) is 0 Å². The zero-order valence-corrected chi connectivity index (χ0v) is 11.5. The molecule has 2 heterocycles. The molecule has 2 aromatic heterocycles. The minimum Gasteiger partial charge on any atom is -0.351 e. The first-order valence-corrected chi connectivity index (χ1v) is 6.03. The number of carbonyl (C=O) groups is 2. The summed E-state index contributed by atoms with van der Waals surface area (Å²) >= 11 is 0. The van der Waals surface area contributed by atoms with Crippen molar-refractivity contribution in [3.8, 4) is 0 Å². The van der Waals surface area contributed by atoms with Crippen molar-refractivity contribution in [1.82, 2.24) is 24.0 Å². The fraction of sp³-hybridized carbons (Fsp3) is 0.364. The van der Waals surface area contributed by atoms with Crippen LogP contribution in [0.4, 0.5) is 4.79 Å². The SMILES string of the molecule is Cn1c(=O)c2c(ncn2CCC(=O)NC(N)=O)n(C)c1=O. The number of aromatic nitrogens is 4. The Morgan fingerprint density at radius 1 is 1.29 bits per heavy atom. The molecule has 0 aliphatic carbocycles. The van der Waals surface area contributed by atoms with Crippen LogP contribution in [-0.4, -0.2) is 30.6 Å². The average molecular weight is 294 g/mol.